The van der Waals surface area contributed by atoms with Crippen LogP contribution in [0.15, 0.2) is 23.2 Å². The van der Waals surface area contributed by atoms with Crippen LogP contribution in [0.5, 0.6) is 5.75 Å². The highest BCUT2D eigenvalue weighted by Crippen LogP contribution is 2.42. The van der Waals surface area contributed by atoms with Crippen LogP contribution in [-0.4, -0.2) is 16.1 Å². The van der Waals surface area contributed by atoms with E-state index in [1.807, 2.05) is 6.07 Å². The summed E-state index contributed by atoms with van der Waals surface area (Å²) < 4.78 is 0. The zero-order valence-corrected chi connectivity index (χ0v) is 13.3. The summed E-state index contributed by atoms with van der Waals surface area (Å²) in [6, 6.07) is 5.55. The Morgan fingerprint density at radius 2 is 2.08 bits per heavy atom. The molecule has 1 aromatic heterocycles. The van der Waals surface area contributed by atoms with Crippen molar-refractivity contribution in [1.82, 2.24) is 10.3 Å². The molecule has 0 fully saturated rings. The number of nitriles is 2. The molecule has 3 rings (SSSR count). The second-order valence-electron chi connectivity index (χ2n) is 5.11. The summed E-state index contributed by atoms with van der Waals surface area (Å²) in [5.41, 5.74) is 13.0. The molecule has 1 aliphatic rings. The van der Waals surface area contributed by atoms with Crippen LogP contribution < -0.4 is 22.1 Å². The lowest BCUT2D eigenvalue weighted by molar-refractivity contribution is 0.475. The molecule has 0 saturated heterocycles. The standard InChI is InChI=1S/C15H11ClN8O/c16-9-3-6(25)1-2-7(9)12-10-11(19)8(4-17)13(20)23-14(10)24-15(22-12)21-5-18/h1-3,12,25H,(H6,19,20,21,22,23,24). The molecule has 0 aliphatic carbocycles. The molecule has 1 aliphatic heterocycles. The first-order valence-corrected chi connectivity index (χ1v) is 7.31. The number of aromatic hydroxyl groups is 1. The molecule has 25 heavy (non-hydrogen) atoms. The zero-order valence-electron chi connectivity index (χ0n) is 12.6. The minimum atomic E-state index is -0.750. The Bertz CT molecular complexity index is 988. The summed E-state index contributed by atoms with van der Waals surface area (Å²) in [5.74, 6) is 0.333. The van der Waals surface area contributed by atoms with Crippen molar-refractivity contribution in [3.8, 4) is 18.0 Å². The number of nitrogen functional groups attached to an aromatic ring is 2. The van der Waals surface area contributed by atoms with E-state index in [0.29, 0.717) is 11.1 Å². The molecular formula is C15H11ClN8O. The Hall–Kier alpha value is -3.69. The molecule has 1 atom stereocenters. The van der Waals surface area contributed by atoms with E-state index in [1.54, 1.807) is 12.3 Å². The number of nitrogens with two attached hydrogens (primary N) is 2. The Morgan fingerprint density at radius 1 is 1.32 bits per heavy atom. The smallest absolute Gasteiger partial charge is 0.211 e. The summed E-state index contributed by atoms with van der Waals surface area (Å²) in [7, 11) is 0. The average molecular weight is 355 g/mol. The zero-order chi connectivity index (χ0) is 18.1. The predicted molar refractivity (Wildman–Crippen MR) is 92.5 cm³/mol. The molecule has 0 bridgehead atoms. The van der Waals surface area contributed by atoms with Crippen LogP contribution in [-0.2, 0) is 0 Å². The molecule has 1 unspecified atom stereocenters. The number of phenolic OH excluding ortho intramolecular Hbond substituents is 1. The van der Waals surface area contributed by atoms with E-state index in [0.717, 1.165) is 0 Å². The molecule has 0 saturated carbocycles. The van der Waals surface area contributed by atoms with Crippen LogP contribution in [0.4, 0.5) is 17.3 Å². The summed E-state index contributed by atoms with van der Waals surface area (Å²) in [5, 5.41) is 33.1. The number of guanidine groups is 1. The van der Waals surface area contributed by atoms with E-state index in [4.69, 9.17) is 28.3 Å². The van der Waals surface area contributed by atoms with E-state index in [2.05, 4.69) is 20.6 Å². The lowest BCUT2D eigenvalue weighted by atomic mass is 9.95. The number of anilines is 3. The fourth-order valence-corrected chi connectivity index (χ4v) is 2.82. The summed E-state index contributed by atoms with van der Waals surface area (Å²) in [4.78, 5) is 8.52. The first-order chi connectivity index (χ1) is 12.0. The normalized spacial score (nSPS) is 15.2. The molecule has 124 valence electrons. The van der Waals surface area contributed by atoms with Crippen LogP contribution in [0.25, 0.3) is 0 Å². The van der Waals surface area contributed by atoms with Crippen LogP contribution >= 0.6 is 11.6 Å². The van der Waals surface area contributed by atoms with Crippen molar-refractivity contribution in [3.05, 3.63) is 39.9 Å². The molecule has 2 heterocycles. The van der Waals surface area contributed by atoms with Gasteiger partial charge in [0.25, 0.3) is 0 Å². The van der Waals surface area contributed by atoms with Gasteiger partial charge in [-0.1, -0.05) is 17.7 Å². The van der Waals surface area contributed by atoms with Crippen molar-refractivity contribution in [1.29, 1.82) is 10.5 Å². The van der Waals surface area contributed by atoms with Gasteiger partial charge in [0.2, 0.25) is 5.96 Å². The van der Waals surface area contributed by atoms with E-state index < -0.39 is 6.04 Å². The lowest BCUT2D eigenvalue weighted by Gasteiger charge is -2.26. The van der Waals surface area contributed by atoms with Crippen molar-refractivity contribution in [3.63, 3.8) is 0 Å². The van der Waals surface area contributed by atoms with Gasteiger partial charge in [-0.05, 0) is 12.1 Å². The topological polar surface area (TPSA) is 169 Å². The number of halogens is 1. The molecule has 0 radical (unpaired) electrons. The van der Waals surface area contributed by atoms with Gasteiger partial charge in [0.1, 0.15) is 35.1 Å². The van der Waals surface area contributed by atoms with Gasteiger partial charge >= 0.3 is 0 Å². The number of aliphatic imine (C=N–C) groups is 1. The first kappa shape index (κ1) is 16.2. The molecule has 0 amide bonds. The van der Waals surface area contributed by atoms with Crippen molar-refractivity contribution >= 4 is 34.9 Å². The fourth-order valence-electron chi connectivity index (χ4n) is 2.54. The summed E-state index contributed by atoms with van der Waals surface area (Å²) in [6.45, 7) is 0. The quantitative estimate of drug-likeness (QED) is 0.378. The summed E-state index contributed by atoms with van der Waals surface area (Å²) >= 11 is 6.23. The van der Waals surface area contributed by atoms with Crippen molar-refractivity contribution in [2.24, 2.45) is 4.99 Å². The van der Waals surface area contributed by atoms with Crippen molar-refractivity contribution in [2.45, 2.75) is 6.04 Å². The predicted octanol–water partition coefficient (Wildman–Crippen LogP) is 1.42. The van der Waals surface area contributed by atoms with Gasteiger partial charge in [-0.3, -0.25) is 5.32 Å². The fraction of sp³-hybridized carbons (Fsp3) is 0.0667. The van der Waals surface area contributed by atoms with Crippen LogP contribution in [0.2, 0.25) is 5.02 Å². The Balaban J connectivity index is 2.28. The molecule has 1 aromatic carbocycles. The SMILES string of the molecule is N#CNC1=NC(c2ccc(O)cc2Cl)c2c(nc(N)c(C#N)c2N)N1. The number of fused-ring (bicyclic) bond motifs is 1. The maximum Gasteiger partial charge on any atom is 0.211 e. The molecule has 9 nitrogen and oxygen atoms in total. The summed E-state index contributed by atoms with van der Waals surface area (Å²) in [6.07, 6.45) is 1.76. The maximum atomic E-state index is 9.56. The van der Waals surface area contributed by atoms with E-state index in [9.17, 15) is 10.4 Å². The van der Waals surface area contributed by atoms with Crippen LogP contribution in [0.3, 0.4) is 0 Å². The van der Waals surface area contributed by atoms with Gasteiger partial charge in [-0.25, -0.2) is 9.98 Å². The first-order valence-electron chi connectivity index (χ1n) is 6.93. The number of nitrogens with one attached hydrogen (secondary N) is 2. The highest BCUT2D eigenvalue weighted by atomic mass is 35.5. The van der Waals surface area contributed by atoms with Gasteiger partial charge in [0, 0.05) is 16.1 Å². The number of aromatic nitrogens is 1. The third-order valence-electron chi connectivity index (χ3n) is 3.64. The van der Waals surface area contributed by atoms with Crippen molar-refractivity contribution < 1.29 is 5.11 Å². The molecule has 7 N–H and O–H groups in total. The van der Waals surface area contributed by atoms with Crippen LogP contribution in [0.1, 0.15) is 22.7 Å². The average Bonchev–Trinajstić information content (AvgIpc) is 2.54. The third-order valence-corrected chi connectivity index (χ3v) is 3.96. The Morgan fingerprint density at radius 3 is 2.72 bits per heavy atom. The molecule has 10 heteroatoms. The Kier molecular flexibility index (Phi) is 3.93. The largest absolute Gasteiger partial charge is 0.508 e. The van der Waals surface area contributed by atoms with Gasteiger partial charge in [-0.15, -0.1) is 0 Å². The second-order valence-corrected chi connectivity index (χ2v) is 5.51. The van der Waals surface area contributed by atoms with Crippen molar-refractivity contribution in [2.75, 3.05) is 16.8 Å². The molecule has 2 aromatic rings. The molecule has 0 spiro atoms. The highest BCUT2D eigenvalue weighted by molar-refractivity contribution is 6.31. The van der Waals surface area contributed by atoms with Gasteiger partial charge in [0.05, 0.1) is 5.69 Å². The molecular weight excluding hydrogens is 344 g/mol. The monoisotopic (exact) mass is 354 g/mol. The van der Waals surface area contributed by atoms with Gasteiger partial charge in [0.15, 0.2) is 6.19 Å². The minimum Gasteiger partial charge on any atom is -0.508 e. The number of hydrogen-bond donors (Lipinski definition) is 5. The van der Waals surface area contributed by atoms with E-state index in [1.165, 1.54) is 12.1 Å². The number of phenols is 1. The second kappa shape index (κ2) is 6.07. The van der Waals surface area contributed by atoms with Gasteiger partial charge in [-0.2, -0.15) is 10.5 Å². The Labute approximate surface area is 147 Å². The maximum absolute atomic E-state index is 9.56. The number of benzene rings is 1. The lowest BCUT2D eigenvalue weighted by Crippen LogP contribution is -2.32. The van der Waals surface area contributed by atoms with Crippen LogP contribution in [0, 0.1) is 22.8 Å². The van der Waals surface area contributed by atoms with Gasteiger partial charge < -0.3 is 21.9 Å². The number of pyridine rings is 1. The number of nitrogens with zero attached hydrogens (tertiary/aromatic N) is 4. The van der Waals surface area contributed by atoms with E-state index >= 15 is 0 Å². The third kappa shape index (κ3) is 2.69. The number of rotatable bonds is 1. The van der Waals surface area contributed by atoms with E-state index in [-0.39, 0.29) is 39.6 Å². The number of hydrogen-bond acceptors (Lipinski definition) is 9. The highest BCUT2D eigenvalue weighted by Gasteiger charge is 2.30. The minimum absolute atomic E-state index is 0.0108.